The maximum atomic E-state index is 13.4. The van der Waals surface area contributed by atoms with Crippen molar-refractivity contribution in [3.05, 3.63) is 85.6 Å². The van der Waals surface area contributed by atoms with Gasteiger partial charge in [0.15, 0.2) is 5.65 Å². The fourth-order valence-electron chi connectivity index (χ4n) is 4.24. The summed E-state index contributed by atoms with van der Waals surface area (Å²) in [6.45, 7) is 0. The van der Waals surface area contributed by atoms with E-state index in [1.54, 1.807) is 41.9 Å². The second-order valence-electron chi connectivity index (χ2n) is 8.19. The SMILES string of the molecule is O=C(O)CCC(=O)N1N=C(c2c(-c3ccc(Cl)cc3)c3scnc3[nH]c2=O)CC1c1ccc(Cl)cc1. The molecule has 0 spiro atoms. The van der Waals surface area contributed by atoms with E-state index >= 15 is 0 Å². The van der Waals surface area contributed by atoms with Crippen LogP contribution in [-0.4, -0.2) is 37.7 Å². The summed E-state index contributed by atoms with van der Waals surface area (Å²) in [6.07, 6.45) is -0.282. The number of carboxylic acids is 1. The van der Waals surface area contributed by atoms with Crippen molar-refractivity contribution in [1.29, 1.82) is 0 Å². The van der Waals surface area contributed by atoms with Gasteiger partial charge in [-0.25, -0.2) is 9.99 Å². The number of carbonyl (C=O) groups is 2. The molecule has 0 aliphatic carbocycles. The number of benzene rings is 2. The first kappa shape index (κ1) is 24.2. The molecule has 11 heteroatoms. The molecule has 1 atom stereocenters. The molecular weight excluding hydrogens is 523 g/mol. The van der Waals surface area contributed by atoms with Crippen molar-refractivity contribution in [2.24, 2.45) is 5.10 Å². The number of thiazole rings is 1. The predicted molar refractivity (Wildman–Crippen MR) is 140 cm³/mol. The Morgan fingerprint density at radius 1 is 1.03 bits per heavy atom. The third kappa shape index (κ3) is 4.65. The molecule has 1 aliphatic rings. The van der Waals surface area contributed by atoms with E-state index in [9.17, 15) is 14.4 Å². The number of fused-ring (bicyclic) bond motifs is 1. The molecule has 2 aromatic heterocycles. The number of nitrogens with one attached hydrogen (secondary N) is 1. The Labute approximate surface area is 218 Å². The molecule has 5 rings (SSSR count). The number of hydrazone groups is 1. The second kappa shape index (κ2) is 9.85. The van der Waals surface area contributed by atoms with Gasteiger partial charge in [0.05, 0.1) is 33.9 Å². The fraction of sp³-hybridized carbons (Fsp3) is 0.160. The van der Waals surface area contributed by atoms with Crippen LogP contribution in [0, 0.1) is 0 Å². The van der Waals surface area contributed by atoms with Crippen LogP contribution < -0.4 is 5.56 Å². The standard InChI is InChI=1S/C25H18Cl2N4O4S/c26-15-5-1-13(2-6-15)18-11-17(30-31(18)19(32)9-10-20(33)34)22-21(14-3-7-16(27)8-4-14)23-24(28-12-36-23)29-25(22)35/h1-8,12,18H,9-11H2,(H,29,35)(H,33,34). The summed E-state index contributed by atoms with van der Waals surface area (Å²) in [5, 5.41) is 16.0. The van der Waals surface area contributed by atoms with Crippen LogP contribution in [0.15, 0.2) is 63.9 Å². The Balaban J connectivity index is 1.66. The van der Waals surface area contributed by atoms with E-state index in [4.69, 9.17) is 28.3 Å². The molecule has 0 saturated heterocycles. The van der Waals surface area contributed by atoms with Gasteiger partial charge in [0.2, 0.25) is 5.91 Å². The van der Waals surface area contributed by atoms with Crippen molar-refractivity contribution in [1.82, 2.24) is 15.0 Å². The number of H-pyrrole nitrogens is 1. The number of aliphatic carboxylic acids is 1. The van der Waals surface area contributed by atoms with Crippen molar-refractivity contribution in [3.8, 4) is 11.1 Å². The number of carboxylic acid groups (broad SMARTS) is 1. The van der Waals surface area contributed by atoms with E-state index in [-0.39, 0.29) is 24.8 Å². The predicted octanol–water partition coefficient (Wildman–Crippen LogP) is 5.50. The van der Waals surface area contributed by atoms with Gasteiger partial charge in [-0.05, 0) is 35.4 Å². The number of hydrogen-bond donors (Lipinski definition) is 2. The Morgan fingerprint density at radius 2 is 1.69 bits per heavy atom. The molecule has 0 radical (unpaired) electrons. The molecule has 2 aromatic carbocycles. The summed E-state index contributed by atoms with van der Waals surface area (Å²) >= 11 is 13.5. The minimum atomic E-state index is -1.08. The first-order chi connectivity index (χ1) is 17.3. The molecule has 0 fully saturated rings. The quantitative estimate of drug-likeness (QED) is 0.335. The van der Waals surface area contributed by atoms with E-state index < -0.39 is 17.9 Å². The van der Waals surface area contributed by atoms with Crippen molar-refractivity contribution in [2.45, 2.75) is 25.3 Å². The largest absolute Gasteiger partial charge is 0.481 e. The summed E-state index contributed by atoms with van der Waals surface area (Å²) in [7, 11) is 0. The van der Waals surface area contributed by atoms with Crippen molar-refractivity contribution >= 4 is 62.5 Å². The van der Waals surface area contributed by atoms with Gasteiger partial charge in [-0.15, -0.1) is 11.3 Å². The Kier molecular flexibility index (Phi) is 6.61. The second-order valence-corrected chi connectivity index (χ2v) is 9.92. The van der Waals surface area contributed by atoms with Crippen molar-refractivity contribution < 1.29 is 14.7 Å². The Hall–Kier alpha value is -3.53. The zero-order valence-electron chi connectivity index (χ0n) is 18.6. The highest BCUT2D eigenvalue weighted by molar-refractivity contribution is 7.17. The molecule has 0 bridgehead atoms. The number of aromatic amines is 1. The number of rotatable bonds is 6. The highest BCUT2D eigenvalue weighted by atomic mass is 35.5. The lowest BCUT2D eigenvalue weighted by Crippen LogP contribution is -2.27. The minimum Gasteiger partial charge on any atom is -0.481 e. The van der Waals surface area contributed by atoms with E-state index in [1.165, 1.54) is 16.3 Å². The molecule has 1 amide bonds. The summed E-state index contributed by atoms with van der Waals surface area (Å²) in [5.74, 6) is -1.53. The van der Waals surface area contributed by atoms with Gasteiger partial charge in [-0.3, -0.25) is 14.4 Å². The molecule has 8 nitrogen and oxygen atoms in total. The lowest BCUT2D eigenvalue weighted by molar-refractivity contribution is -0.141. The monoisotopic (exact) mass is 540 g/mol. The Bertz CT molecular complexity index is 1560. The van der Waals surface area contributed by atoms with Gasteiger partial charge in [-0.2, -0.15) is 5.10 Å². The number of nitrogens with zero attached hydrogens (tertiary/aromatic N) is 3. The number of halogens is 2. The van der Waals surface area contributed by atoms with Gasteiger partial charge in [0.1, 0.15) is 0 Å². The molecule has 0 saturated carbocycles. The lowest BCUT2D eigenvalue weighted by Gasteiger charge is -2.22. The van der Waals surface area contributed by atoms with Gasteiger partial charge in [-0.1, -0.05) is 47.5 Å². The maximum Gasteiger partial charge on any atom is 0.303 e. The van der Waals surface area contributed by atoms with E-state index in [0.29, 0.717) is 32.5 Å². The van der Waals surface area contributed by atoms with Crippen LogP contribution in [0.1, 0.15) is 36.4 Å². The number of carbonyl (C=O) groups excluding carboxylic acids is 1. The van der Waals surface area contributed by atoms with Crippen LogP contribution >= 0.6 is 34.5 Å². The fourth-order valence-corrected chi connectivity index (χ4v) is 5.31. The normalized spacial score (nSPS) is 15.3. The number of pyridine rings is 1. The summed E-state index contributed by atoms with van der Waals surface area (Å²) < 4.78 is 0.772. The van der Waals surface area contributed by atoms with Crippen LogP contribution in [-0.2, 0) is 9.59 Å². The lowest BCUT2D eigenvalue weighted by atomic mass is 9.93. The van der Waals surface area contributed by atoms with Crippen LogP contribution in [0.2, 0.25) is 10.0 Å². The molecule has 2 N–H and O–H groups in total. The topological polar surface area (TPSA) is 116 Å². The minimum absolute atomic E-state index is 0.218. The molecule has 182 valence electrons. The number of aromatic nitrogens is 2. The first-order valence-corrected chi connectivity index (χ1v) is 12.6. The van der Waals surface area contributed by atoms with Crippen LogP contribution in [0.3, 0.4) is 0 Å². The number of amides is 1. The third-order valence-corrected chi connectivity index (χ3v) is 7.25. The van der Waals surface area contributed by atoms with E-state index in [2.05, 4.69) is 15.1 Å². The van der Waals surface area contributed by atoms with Crippen LogP contribution in [0.5, 0.6) is 0 Å². The van der Waals surface area contributed by atoms with Crippen LogP contribution in [0.25, 0.3) is 21.5 Å². The van der Waals surface area contributed by atoms with Gasteiger partial charge in [0.25, 0.3) is 5.56 Å². The van der Waals surface area contributed by atoms with E-state index in [0.717, 1.165) is 15.8 Å². The Morgan fingerprint density at radius 3 is 2.36 bits per heavy atom. The third-order valence-electron chi connectivity index (χ3n) is 5.90. The molecule has 3 heterocycles. The average molecular weight is 541 g/mol. The highest BCUT2D eigenvalue weighted by Crippen LogP contribution is 2.38. The summed E-state index contributed by atoms with van der Waals surface area (Å²) in [5.41, 5.74) is 4.66. The molecule has 1 unspecified atom stereocenters. The zero-order valence-corrected chi connectivity index (χ0v) is 20.9. The van der Waals surface area contributed by atoms with Gasteiger partial charge < -0.3 is 10.1 Å². The van der Waals surface area contributed by atoms with Crippen molar-refractivity contribution in [3.63, 3.8) is 0 Å². The molecular formula is C25H18Cl2N4O4S. The van der Waals surface area contributed by atoms with Gasteiger partial charge >= 0.3 is 5.97 Å². The summed E-state index contributed by atoms with van der Waals surface area (Å²) in [4.78, 5) is 44.6. The smallest absolute Gasteiger partial charge is 0.303 e. The van der Waals surface area contributed by atoms with Gasteiger partial charge in [0, 0.05) is 28.5 Å². The van der Waals surface area contributed by atoms with Crippen molar-refractivity contribution in [2.75, 3.05) is 0 Å². The van der Waals surface area contributed by atoms with Crippen LogP contribution in [0.4, 0.5) is 0 Å². The first-order valence-electron chi connectivity index (χ1n) is 10.9. The number of hydrogen-bond acceptors (Lipinski definition) is 6. The highest BCUT2D eigenvalue weighted by Gasteiger charge is 2.35. The molecule has 1 aliphatic heterocycles. The maximum absolute atomic E-state index is 13.4. The molecule has 36 heavy (non-hydrogen) atoms. The molecule has 4 aromatic rings. The van der Waals surface area contributed by atoms with E-state index in [1.807, 2.05) is 12.1 Å². The zero-order chi connectivity index (χ0) is 25.4. The summed E-state index contributed by atoms with van der Waals surface area (Å²) in [6, 6.07) is 13.6. The average Bonchev–Trinajstić information content (AvgIpc) is 3.50.